The van der Waals surface area contributed by atoms with Crippen molar-refractivity contribution in [2.75, 3.05) is 14.2 Å². The maximum atomic E-state index is 6.37. The number of hydrogen-bond acceptors (Lipinski definition) is 5. The summed E-state index contributed by atoms with van der Waals surface area (Å²) >= 11 is 6.10. The molecule has 0 radical (unpaired) electrons. The average Bonchev–Trinajstić information content (AvgIpc) is 3.24. The predicted molar refractivity (Wildman–Crippen MR) is 117 cm³/mol. The van der Waals surface area contributed by atoms with Crippen molar-refractivity contribution in [3.05, 3.63) is 88.4 Å². The molecule has 2 aliphatic heterocycles. The highest BCUT2D eigenvalue weighted by Gasteiger charge is 2.40. The lowest BCUT2D eigenvalue weighted by Crippen LogP contribution is -2.33. The van der Waals surface area contributed by atoms with Crippen molar-refractivity contribution in [3.63, 3.8) is 0 Å². The SMILES string of the molecule is COc1ccc(C2=NN3[C@@H](c4ccc(Cl)cc4)Oc4ccccc4[C@@H]3C2)cc1OC. The fourth-order valence-corrected chi connectivity index (χ4v) is 4.20. The normalized spacial score (nSPS) is 19.4. The Balaban J connectivity index is 1.57. The topological polar surface area (TPSA) is 43.3 Å². The Labute approximate surface area is 180 Å². The van der Waals surface area contributed by atoms with Gasteiger partial charge in [0, 0.05) is 28.1 Å². The molecular formula is C24H21ClN2O3. The third-order valence-electron chi connectivity index (χ3n) is 5.57. The van der Waals surface area contributed by atoms with E-state index in [1.807, 2.05) is 60.7 Å². The molecule has 0 unspecified atom stereocenters. The van der Waals surface area contributed by atoms with Crippen LogP contribution >= 0.6 is 11.6 Å². The summed E-state index contributed by atoms with van der Waals surface area (Å²) < 4.78 is 17.2. The van der Waals surface area contributed by atoms with Crippen LogP contribution in [-0.4, -0.2) is 24.9 Å². The number of hydrazone groups is 1. The Hall–Kier alpha value is -3.18. The largest absolute Gasteiger partial charge is 0.493 e. The predicted octanol–water partition coefficient (Wildman–Crippen LogP) is 5.60. The molecule has 5 rings (SSSR count). The van der Waals surface area contributed by atoms with Crippen LogP contribution in [-0.2, 0) is 0 Å². The zero-order valence-corrected chi connectivity index (χ0v) is 17.5. The van der Waals surface area contributed by atoms with Gasteiger partial charge in [0.15, 0.2) is 11.5 Å². The zero-order valence-electron chi connectivity index (χ0n) is 16.7. The van der Waals surface area contributed by atoms with Crippen LogP contribution in [0.15, 0.2) is 71.8 Å². The summed E-state index contributed by atoms with van der Waals surface area (Å²) in [5, 5.41) is 7.74. The van der Waals surface area contributed by atoms with E-state index < -0.39 is 0 Å². The highest BCUT2D eigenvalue weighted by molar-refractivity contribution is 6.30. The first-order chi connectivity index (χ1) is 14.7. The molecule has 3 aromatic carbocycles. The summed E-state index contributed by atoms with van der Waals surface area (Å²) in [5.41, 5.74) is 4.15. The highest BCUT2D eigenvalue weighted by atomic mass is 35.5. The summed E-state index contributed by atoms with van der Waals surface area (Å²) in [6.07, 6.45) is 0.458. The van der Waals surface area contributed by atoms with Gasteiger partial charge in [-0.1, -0.05) is 41.9 Å². The molecular weight excluding hydrogens is 400 g/mol. The molecule has 2 heterocycles. The molecule has 5 nitrogen and oxygen atoms in total. The summed E-state index contributed by atoms with van der Waals surface area (Å²) in [6, 6.07) is 21.9. The molecule has 152 valence electrons. The lowest BCUT2D eigenvalue weighted by atomic mass is 9.96. The van der Waals surface area contributed by atoms with Gasteiger partial charge in [-0.3, -0.25) is 0 Å². The van der Waals surface area contributed by atoms with E-state index in [-0.39, 0.29) is 12.3 Å². The van der Waals surface area contributed by atoms with Crippen molar-refractivity contribution in [1.29, 1.82) is 0 Å². The minimum absolute atomic E-state index is 0.0960. The van der Waals surface area contributed by atoms with Crippen LogP contribution in [0.3, 0.4) is 0 Å². The number of ether oxygens (including phenoxy) is 3. The maximum absolute atomic E-state index is 6.37. The van der Waals surface area contributed by atoms with Gasteiger partial charge in [0.05, 0.1) is 26.0 Å². The summed E-state index contributed by atoms with van der Waals surface area (Å²) in [4.78, 5) is 0. The molecule has 0 saturated heterocycles. The van der Waals surface area contributed by atoms with E-state index in [0.717, 1.165) is 34.6 Å². The lowest BCUT2D eigenvalue weighted by molar-refractivity contribution is -0.0190. The van der Waals surface area contributed by atoms with E-state index >= 15 is 0 Å². The lowest BCUT2D eigenvalue weighted by Gasteiger charge is -2.38. The fourth-order valence-electron chi connectivity index (χ4n) is 4.07. The summed E-state index contributed by atoms with van der Waals surface area (Å²) in [6.45, 7) is 0. The van der Waals surface area contributed by atoms with Crippen LogP contribution < -0.4 is 14.2 Å². The van der Waals surface area contributed by atoms with Crippen molar-refractivity contribution >= 4 is 17.3 Å². The fraction of sp³-hybridized carbons (Fsp3) is 0.208. The minimum Gasteiger partial charge on any atom is -0.493 e. The van der Waals surface area contributed by atoms with Gasteiger partial charge in [-0.25, -0.2) is 5.01 Å². The second-order valence-corrected chi connectivity index (χ2v) is 7.71. The smallest absolute Gasteiger partial charge is 0.213 e. The summed E-state index contributed by atoms with van der Waals surface area (Å²) in [5.74, 6) is 2.28. The van der Waals surface area contributed by atoms with E-state index in [0.29, 0.717) is 16.5 Å². The van der Waals surface area contributed by atoms with Gasteiger partial charge in [-0.15, -0.1) is 0 Å². The molecule has 0 spiro atoms. The second-order valence-electron chi connectivity index (χ2n) is 7.28. The molecule has 2 atom stereocenters. The molecule has 6 heteroatoms. The first-order valence-electron chi connectivity index (χ1n) is 9.77. The molecule has 3 aromatic rings. The molecule has 0 N–H and O–H groups in total. The number of nitrogens with zero attached hydrogens (tertiary/aromatic N) is 2. The monoisotopic (exact) mass is 420 g/mol. The van der Waals surface area contributed by atoms with E-state index in [4.69, 9.17) is 30.9 Å². The number of halogens is 1. The molecule has 0 aliphatic carbocycles. The van der Waals surface area contributed by atoms with Crippen LogP contribution in [0.2, 0.25) is 5.02 Å². The van der Waals surface area contributed by atoms with Crippen LogP contribution in [0.5, 0.6) is 17.2 Å². The molecule has 0 aromatic heterocycles. The molecule has 0 amide bonds. The number of benzene rings is 3. The van der Waals surface area contributed by atoms with Crippen LogP contribution in [0.4, 0.5) is 0 Å². The van der Waals surface area contributed by atoms with Gasteiger partial charge in [-0.05, 0) is 36.4 Å². The van der Waals surface area contributed by atoms with Crippen molar-refractivity contribution in [2.45, 2.75) is 18.7 Å². The Morgan fingerprint density at radius 2 is 1.73 bits per heavy atom. The number of methoxy groups -OCH3 is 2. The standard InChI is InChI=1S/C24H21ClN2O3/c1-28-22-12-9-16(13-23(22)29-2)19-14-20-18-5-3-4-6-21(18)30-24(27(20)26-19)15-7-10-17(25)11-8-15/h3-13,20,24H,14H2,1-2H3/t20-,24+/m0/s1. The quantitative estimate of drug-likeness (QED) is 0.551. The Kier molecular flexibility index (Phi) is 4.75. The van der Waals surface area contributed by atoms with Gasteiger partial charge in [0.2, 0.25) is 6.23 Å². The van der Waals surface area contributed by atoms with Crippen molar-refractivity contribution in [2.24, 2.45) is 5.10 Å². The first-order valence-corrected chi connectivity index (χ1v) is 10.1. The van der Waals surface area contributed by atoms with Crippen LogP contribution in [0.1, 0.15) is 35.4 Å². The van der Waals surface area contributed by atoms with Crippen LogP contribution in [0, 0.1) is 0 Å². The third-order valence-corrected chi connectivity index (χ3v) is 5.82. The Morgan fingerprint density at radius 1 is 0.967 bits per heavy atom. The molecule has 0 fully saturated rings. The first kappa shape index (κ1) is 18.8. The maximum Gasteiger partial charge on any atom is 0.213 e. The van der Waals surface area contributed by atoms with Gasteiger partial charge >= 0.3 is 0 Å². The van der Waals surface area contributed by atoms with Gasteiger partial charge < -0.3 is 14.2 Å². The Morgan fingerprint density at radius 3 is 2.50 bits per heavy atom. The minimum atomic E-state index is -0.320. The van der Waals surface area contributed by atoms with Crippen LogP contribution in [0.25, 0.3) is 0 Å². The third kappa shape index (κ3) is 3.15. The number of rotatable bonds is 4. The van der Waals surface area contributed by atoms with Gasteiger partial charge in [0.25, 0.3) is 0 Å². The van der Waals surface area contributed by atoms with E-state index in [2.05, 4.69) is 11.1 Å². The van der Waals surface area contributed by atoms with E-state index in [9.17, 15) is 0 Å². The Bertz CT molecular complexity index is 1110. The molecule has 2 aliphatic rings. The molecule has 30 heavy (non-hydrogen) atoms. The van der Waals surface area contributed by atoms with Crippen molar-refractivity contribution in [3.8, 4) is 17.2 Å². The van der Waals surface area contributed by atoms with E-state index in [1.54, 1.807) is 14.2 Å². The second kappa shape index (κ2) is 7.58. The van der Waals surface area contributed by atoms with Gasteiger partial charge in [-0.2, -0.15) is 5.10 Å². The van der Waals surface area contributed by atoms with Gasteiger partial charge in [0.1, 0.15) is 5.75 Å². The number of fused-ring (bicyclic) bond motifs is 3. The molecule has 0 bridgehead atoms. The zero-order chi connectivity index (χ0) is 20.7. The summed E-state index contributed by atoms with van der Waals surface area (Å²) in [7, 11) is 3.28. The van der Waals surface area contributed by atoms with E-state index in [1.165, 1.54) is 0 Å². The highest BCUT2D eigenvalue weighted by Crippen LogP contribution is 2.47. The van der Waals surface area contributed by atoms with Crippen molar-refractivity contribution < 1.29 is 14.2 Å². The number of para-hydroxylation sites is 1. The molecule has 0 saturated carbocycles. The average molecular weight is 421 g/mol. The number of hydrogen-bond donors (Lipinski definition) is 0. The van der Waals surface area contributed by atoms with Crippen molar-refractivity contribution in [1.82, 2.24) is 5.01 Å².